The van der Waals surface area contributed by atoms with Crippen molar-refractivity contribution >= 4 is 17.5 Å². The molecule has 1 atom stereocenters. The van der Waals surface area contributed by atoms with E-state index >= 15 is 0 Å². The normalized spacial score (nSPS) is 20.7. The van der Waals surface area contributed by atoms with Crippen LogP contribution in [-0.2, 0) is 11.3 Å². The molecule has 4 rings (SSSR count). The number of ether oxygens (including phenoxy) is 1. The van der Waals surface area contributed by atoms with E-state index in [2.05, 4.69) is 4.98 Å². The van der Waals surface area contributed by atoms with Crippen molar-refractivity contribution in [1.29, 1.82) is 0 Å². The van der Waals surface area contributed by atoms with E-state index in [4.69, 9.17) is 4.74 Å². The Bertz CT molecular complexity index is 1050. The van der Waals surface area contributed by atoms with Crippen LogP contribution in [0.5, 0.6) is 0 Å². The van der Waals surface area contributed by atoms with Crippen LogP contribution >= 0.6 is 0 Å². The molecule has 0 amide bonds. The van der Waals surface area contributed by atoms with E-state index in [1.165, 1.54) is 10.6 Å². The van der Waals surface area contributed by atoms with Crippen molar-refractivity contribution in [1.82, 2.24) is 9.55 Å². The molecule has 1 aromatic carbocycles. The Labute approximate surface area is 183 Å². The van der Waals surface area contributed by atoms with E-state index in [0.29, 0.717) is 25.3 Å². The number of rotatable bonds is 4. The highest BCUT2D eigenvalue weighted by Crippen LogP contribution is 2.35. The maximum absolute atomic E-state index is 13.9. The molecule has 32 heavy (non-hydrogen) atoms. The van der Waals surface area contributed by atoms with E-state index in [0.717, 1.165) is 4.90 Å². The first-order valence-electron chi connectivity index (χ1n) is 10.5. The second-order valence-corrected chi connectivity index (χ2v) is 8.68. The Morgan fingerprint density at radius 2 is 1.94 bits per heavy atom. The summed E-state index contributed by atoms with van der Waals surface area (Å²) in [5.41, 5.74) is -0.622. The fraction of sp³-hybridized carbons (Fsp3) is 0.500. The topological polar surface area (TPSA) is 67.7 Å². The van der Waals surface area contributed by atoms with Crippen LogP contribution in [0.15, 0.2) is 41.2 Å². The van der Waals surface area contributed by atoms with Crippen molar-refractivity contribution in [2.24, 2.45) is 0 Å². The van der Waals surface area contributed by atoms with Crippen molar-refractivity contribution in [2.45, 2.75) is 44.6 Å². The van der Waals surface area contributed by atoms with Gasteiger partial charge in [-0.05, 0) is 20.3 Å². The molecular formula is C22H25F3N4O3. The number of halogens is 3. The summed E-state index contributed by atoms with van der Waals surface area (Å²) in [6.45, 7) is 4.46. The molecule has 2 aliphatic rings. The molecule has 0 aliphatic carbocycles. The molecule has 172 valence electrons. The molecule has 0 unspecified atom stereocenters. The Morgan fingerprint density at radius 3 is 2.59 bits per heavy atom. The average Bonchev–Trinajstić information content (AvgIpc) is 2.73. The van der Waals surface area contributed by atoms with Crippen LogP contribution in [-0.4, -0.2) is 59.4 Å². The van der Waals surface area contributed by atoms with Crippen molar-refractivity contribution < 1.29 is 22.7 Å². The lowest BCUT2D eigenvalue weighted by Crippen LogP contribution is -2.56. The predicted molar refractivity (Wildman–Crippen MR) is 113 cm³/mol. The van der Waals surface area contributed by atoms with Crippen LogP contribution < -0.4 is 15.4 Å². The van der Waals surface area contributed by atoms with Gasteiger partial charge in [-0.15, -0.1) is 0 Å². The van der Waals surface area contributed by atoms with Crippen molar-refractivity contribution in [3.8, 4) is 0 Å². The highest BCUT2D eigenvalue weighted by molar-refractivity contribution is 5.99. The number of benzene rings is 1. The van der Waals surface area contributed by atoms with Gasteiger partial charge in [0.15, 0.2) is 5.78 Å². The Balaban J connectivity index is 1.78. The van der Waals surface area contributed by atoms with Crippen LogP contribution in [0.2, 0.25) is 0 Å². The number of Topliss-reactive ketones (excluding diaryl/α,β-unsaturated/α-hetero) is 1. The highest BCUT2D eigenvalue weighted by atomic mass is 19.4. The lowest BCUT2D eigenvalue weighted by molar-refractivity contribution is -0.152. The van der Waals surface area contributed by atoms with Gasteiger partial charge in [-0.1, -0.05) is 30.3 Å². The quantitative estimate of drug-likeness (QED) is 0.668. The van der Waals surface area contributed by atoms with E-state index in [9.17, 15) is 22.8 Å². The Morgan fingerprint density at radius 1 is 1.22 bits per heavy atom. The number of carbonyl (C=O) groups excluding carboxylic acids is 1. The zero-order valence-corrected chi connectivity index (χ0v) is 17.9. The van der Waals surface area contributed by atoms with Gasteiger partial charge in [-0.2, -0.15) is 18.2 Å². The van der Waals surface area contributed by atoms with E-state index in [-0.39, 0.29) is 24.7 Å². The smallest absolute Gasteiger partial charge is 0.377 e. The monoisotopic (exact) mass is 450 g/mol. The largest absolute Gasteiger partial charge is 0.408 e. The second-order valence-electron chi connectivity index (χ2n) is 8.68. The summed E-state index contributed by atoms with van der Waals surface area (Å²) in [4.78, 5) is 33.0. The molecule has 0 N–H and O–H groups in total. The number of morpholine rings is 1. The van der Waals surface area contributed by atoms with E-state index in [1.807, 2.05) is 18.7 Å². The van der Waals surface area contributed by atoms with Gasteiger partial charge in [-0.3, -0.25) is 14.2 Å². The first-order valence-corrected chi connectivity index (χ1v) is 10.5. The number of hydrogen-bond donors (Lipinski definition) is 0. The number of anilines is 2. The summed E-state index contributed by atoms with van der Waals surface area (Å²) in [5, 5.41) is 0. The molecule has 2 aliphatic heterocycles. The summed E-state index contributed by atoms with van der Waals surface area (Å²) in [5.74, 6) is -0.318. The van der Waals surface area contributed by atoms with Crippen molar-refractivity contribution in [3.05, 3.63) is 52.3 Å². The molecule has 1 aromatic heterocycles. The zero-order chi connectivity index (χ0) is 23.1. The number of aromatic nitrogens is 2. The van der Waals surface area contributed by atoms with Crippen LogP contribution in [0.4, 0.5) is 24.9 Å². The van der Waals surface area contributed by atoms with Crippen molar-refractivity contribution in [2.75, 3.05) is 36.1 Å². The fourth-order valence-corrected chi connectivity index (χ4v) is 4.27. The summed E-state index contributed by atoms with van der Waals surface area (Å²) in [7, 11) is 0. The summed E-state index contributed by atoms with van der Waals surface area (Å²) in [6, 6.07) is 7.59. The number of nitrogens with zero attached hydrogens (tertiary/aromatic N) is 4. The summed E-state index contributed by atoms with van der Waals surface area (Å²) in [6.07, 6.45) is -4.91. The molecule has 0 saturated carbocycles. The highest BCUT2D eigenvalue weighted by Gasteiger charge is 2.47. The molecule has 3 heterocycles. The third kappa shape index (κ3) is 4.23. The number of carbonyl (C=O) groups is 1. The molecule has 7 nitrogen and oxygen atoms in total. The van der Waals surface area contributed by atoms with Gasteiger partial charge in [0, 0.05) is 24.7 Å². The Hall–Kier alpha value is -2.88. The number of alkyl halides is 3. The molecule has 1 saturated heterocycles. The van der Waals surface area contributed by atoms with Crippen LogP contribution in [0.1, 0.15) is 30.6 Å². The first kappa shape index (κ1) is 22.3. The third-order valence-corrected chi connectivity index (χ3v) is 5.94. The SMILES string of the molecule is CC1(C)COCCN1c1cc(=O)n2c(n1)N(CC(=O)c1ccccc1)[C@H](C(F)(F)F)CC2. The lowest BCUT2D eigenvalue weighted by atomic mass is 10.0. The zero-order valence-electron chi connectivity index (χ0n) is 17.9. The van der Waals surface area contributed by atoms with E-state index < -0.39 is 35.6 Å². The minimum atomic E-state index is -4.58. The van der Waals surface area contributed by atoms with Crippen LogP contribution in [0.25, 0.3) is 0 Å². The van der Waals surface area contributed by atoms with Gasteiger partial charge >= 0.3 is 6.18 Å². The molecule has 0 bridgehead atoms. The first-order chi connectivity index (χ1) is 15.1. The molecule has 1 fully saturated rings. The second kappa shape index (κ2) is 8.23. The maximum Gasteiger partial charge on any atom is 0.408 e. The van der Waals surface area contributed by atoms with Gasteiger partial charge in [0.25, 0.3) is 5.56 Å². The van der Waals surface area contributed by atoms with Crippen LogP contribution in [0.3, 0.4) is 0 Å². The summed E-state index contributed by atoms with van der Waals surface area (Å²) < 4.78 is 48.5. The third-order valence-electron chi connectivity index (χ3n) is 5.94. The molecule has 0 radical (unpaired) electrons. The molecule has 0 spiro atoms. The van der Waals surface area contributed by atoms with Gasteiger partial charge in [0.2, 0.25) is 5.95 Å². The lowest BCUT2D eigenvalue weighted by Gasteiger charge is -2.44. The van der Waals surface area contributed by atoms with Gasteiger partial charge < -0.3 is 14.5 Å². The van der Waals surface area contributed by atoms with Gasteiger partial charge in [0.1, 0.15) is 11.9 Å². The minimum absolute atomic E-state index is 0.117. The summed E-state index contributed by atoms with van der Waals surface area (Å²) >= 11 is 0. The molecule has 2 aromatic rings. The maximum atomic E-state index is 13.9. The van der Waals surface area contributed by atoms with Gasteiger partial charge in [-0.25, -0.2) is 0 Å². The Kier molecular flexibility index (Phi) is 5.74. The average molecular weight is 450 g/mol. The number of fused-ring (bicyclic) bond motifs is 1. The fourth-order valence-electron chi connectivity index (χ4n) is 4.27. The molecule has 10 heteroatoms. The molecular weight excluding hydrogens is 425 g/mol. The van der Waals surface area contributed by atoms with Gasteiger partial charge in [0.05, 0.1) is 25.3 Å². The number of ketones is 1. The standard InChI is InChI=1S/C22H25F3N4O3/c1-21(2)14-32-11-10-29(21)18-12-19(31)27-9-8-17(22(23,24)25)28(20(27)26-18)13-16(30)15-6-4-3-5-7-15/h3-7,12,17H,8-11,13-14H2,1-2H3/t17-/m0/s1. The minimum Gasteiger partial charge on any atom is -0.377 e. The predicted octanol–water partition coefficient (Wildman–Crippen LogP) is 2.88. The van der Waals surface area contributed by atoms with Crippen LogP contribution in [0, 0.1) is 0 Å². The van der Waals surface area contributed by atoms with Crippen molar-refractivity contribution in [3.63, 3.8) is 0 Å². The van der Waals surface area contributed by atoms with E-state index in [1.54, 1.807) is 30.3 Å². The number of hydrogen-bond acceptors (Lipinski definition) is 6.